The number of benzene rings is 2. The molecule has 0 saturated carbocycles. The Morgan fingerprint density at radius 1 is 1.12 bits per heavy atom. The van der Waals surface area contributed by atoms with Crippen LogP contribution in [0.4, 0.5) is 5.69 Å². The Morgan fingerprint density at radius 2 is 1.82 bits per heavy atom. The number of nitrogens with zero attached hydrogens (tertiary/aromatic N) is 1. The van der Waals surface area contributed by atoms with Crippen molar-refractivity contribution in [3.8, 4) is 5.75 Å². The van der Waals surface area contributed by atoms with E-state index in [1.807, 2.05) is 37.4 Å². The maximum Gasteiger partial charge on any atom is 0.120 e. The molecular formula is C14H14ClNO. The zero-order chi connectivity index (χ0) is 12.3. The van der Waals surface area contributed by atoms with Gasteiger partial charge in [0.2, 0.25) is 0 Å². The van der Waals surface area contributed by atoms with Crippen LogP contribution in [0.5, 0.6) is 5.75 Å². The smallest absolute Gasteiger partial charge is 0.120 e. The van der Waals surface area contributed by atoms with Crippen LogP contribution in [0.1, 0.15) is 5.56 Å². The van der Waals surface area contributed by atoms with Gasteiger partial charge in [-0.1, -0.05) is 29.8 Å². The minimum atomic E-state index is 0.275. The van der Waals surface area contributed by atoms with E-state index in [1.165, 1.54) is 0 Å². The molecule has 0 unspecified atom stereocenters. The van der Waals surface area contributed by atoms with Crippen LogP contribution in [0.25, 0.3) is 0 Å². The molecule has 0 spiro atoms. The lowest BCUT2D eigenvalue weighted by Crippen LogP contribution is -2.16. The number of aromatic hydroxyl groups is 1. The van der Waals surface area contributed by atoms with Gasteiger partial charge in [-0.25, -0.2) is 0 Å². The van der Waals surface area contributed by atoms with Gasteiger partial charge < -0.3 is 10.0 Å². The van der Waals surface area contributed by atoms with Crippen LogP contribution in [0.3, 0.4) is 0 Å². The van der Waals surface area contributed by atoms with Gasteiger partial charge in [0.1, 0.15) is 5.75 Å². The Kier molecular flexibility index (Phi) is 3.55. The van der Waals surface area contributed by atoms with E-state index in [4.69, 9.17) is 11.6 Å². The Morgan fingerprint density at radius 3 is 2.53 bits per heavy atom. The van der Waals surface area contributed by atoms with Crippen molar-refractivity contribution >= 4 is 17.3 Å². The summed E-state index contributed by atoms with van der Waals surface area (Å²) in [6.45, 7) is 0.621. The molecule has 0 aliphatic heterocycles. The summed E-state index contributed by atoms with van der Waals surface area (Å²) in [5.74, 6) is 0.275. The van der Waals surface area contributed by atoms with Crippen LogP contribution in [0.2, 0.25) is 5.02 Å². The predicted octanol–water partition coefficient (Wildman–Crippen LogP) is 3.68. The number of hydrogen-bond donors (Lipinski definition) is 1. The summed E-state index contributed by atoms with van der Waals surface area (Å²) < 4.78 is 0. The van der Waals surface area contributed by atoms with E-state index in [-0.39, 0.29) is 5.75 Å². The second kappa shape index (κ2) is 5.11. The minimum absolute atomic E-state index is 0.275. The summed E-state index contributed by atoms with van der Waals surface area (Å²) >= 11 is 5.92. The van der Waals surface area contributed by atoms with Crippen molar-refractivity contribution in [2.45, 2.75) is 6.54 Å². The van der Waals surface area contributed by atoms with Crippen molar-refractivity contribution in [1.82, 2.24) is 0 Å². The molecule has 0 aliphatic carbocycles. The molecule has 0 heterocycles. The van der Waals surface area contributed by atoms with Crippen molar-refractivity contribution in [2.75, 3.05) is 11.9 Å². The molecule has 1 N–H and O–H groups in total. The molecular weight excluding hydrogens is 234 g/mol. The first-order valence-electron chi connectivity index (χ1n) is 5.40. The molecule has 17 heavy (non-hydrogen) atoms. The Hall–Kier alpha value is -1.67. The quantitative estimate of drug-likeness (QED) is 0.894. The predicted molar refractivity (Wildman–Crippen MR) is 71.7 cm³/mol. The number of phenolic OH excluding ortho intramolecular Hbond substituents is 1. The molecule has 88 valence electrons. The van der Waals surface area contributed by atoms with E-state index in [2.05, 4.69) is 4.90 Å². The number of hydrogen-bond acceptors (Lipinski definition) is 2. The van der Waals surface area contributed by atoms with Crippen LogP contribution < -0.4 is 4.90 Å². The van der Waals surface area contributed by atoms with Crippen molar-refractivity contribution in [3.05, 3.63) is 59.1 Å². The molecule has 0 aliphatic rings. The van der Waals surface area contributed by atoms with Gasteiger partial charge in [0.25, 0.3) is 0 Å². The lowest BCUT2D eigenvalue weighted by molar-refractivity contribution is 0.468. The average molecular weight is 248 g/mol. The van der Waals surface area contributed by atoms with Gasteiger partial charge in [0.05, 0.1) is 0 Å². The zero-order valence-corrected chi connectivity index (χ0v) is 10.4. The molecule has 2 rings (SSSR count). The normalized spacial score (nSPS) is 10.2. The molecule has 0 bridgehead atoms. The highest BCUT2D eigenvalue weighted by molar-refractivity contribution is 6.30. The maximum atomic E-state index is 9.75. The van der Waals surface area contributed by atoms with Gasteiger partial charge in [-0.15, -0.1) is 0 Å². The fraction of sp³-hybridized carbons (Fsp3) is 0.143. The Labute approximate surface area is 106 Å². The lowest BCUT2D eigenvalue weighted by Gasteiger charge is -2.20. The highest BCUT2D eigenvalue weighted by Crippen LogP contribution is 2.24. The van der Waals surface area contributed by atoms with E-state index in [0.717, 1.165) is 11.3 Å². The summed E-state index contributed by atoms with van der Waals surface area (Å²) in [6.07, 6.45) is 0. The first-order valence-corrected chi connectivity index (χ1v) is 5.78. The summed E-state index contributed by atoms with van der Waals surface area (Å²) in [4.78, 5) is 2.06. The highest BCUT2D eigenvalue weighted by Gasteiger charge is 2.06. The van der Waals surface area contributed by atoms with Gasteiger partial charge in [-0.3, -0.25) is 0 Å². The molecule has 0 radical (unpaired) electrons. The van der Waals surface area contributed by atoms with E-state index < -0.39 is 0 Å². The van der Waals surface area contributed by atoms with Gasteiger partial charge in [-0.05, 0) is 30.3 Å². The summed E-state index contributed by atoms with van der Waals surface area (Å²) in [6, 6.07) is 15.1. The number of halogens is 1. The third-order valence-corrected chi connectivity index (χ3v) is 2.88. The van der Waals surface area contributed by atoms with Crippen molar-refractivity contribution in [3.63, 3.8) is 0 Å². The highest BCUT2D eigenvalue weighted by atomic mass is 35.5. The van der Waals surface area contributed by atoms with E-state index >= 15 is 0 Å². The van der Waals surface area contributed by atoms with Gasteiger partial charge >= 0.3 is 0 Å². The zero-order valence-electron chi connectivity index (χ0n) is 9.60. The third-order valence-electron chi connectivity index (χ3n) is 2.65. The van der Waals surface area contributed by atoms with E-state index in [9.17, 15) is 5.11 Å². The molecule has 3 heteroatoms. The standard InChI is InChI=1S/C14H14ClNO/c1-16(13-5-3-2-4-6-13)10-11-9-12(15)7-8-14(11)17/h2-9,17H,10H2,1H3. The SMILES string of the molecule is CN(Cc1cc(Cl)ccc1O)c1ccccc1. The van der Waals surface area contributed by atoms with E-state index in [1.54, 1.807) is 18.2 Å². The van der Waals surface area contributed by atoms with Crippen LogP contribution >= 0.6 is 11.6 Å². The Bertz CT molecular complexity index is 499. The number of phenols is 1. The van der Waals surface area contributed by atoms with Gasteiger partial charge in [-0.2, -0.15) is 0 Å². The third kappa shape index (κ3) is 2.92. The molecule has 0 amide bonds. The minimum Gasteiger partial charge on any atom is -0.508 e. The second-order valence-corrected chi connectivity index (χ2v) is 4.40. The molecule has 2 aromatic carbocycles. The molecule has 2 aromatic rings. The number of anilines is 1. The van der Waals surface area contributed by atoms with Crippen LogP contribution in [0, 0.1) is 0 Å². The Balaban J connectivity index is 2.18. The fourth-order valence-electron chi connectivity index (χ4n) is 1.71. The molecule has 0 atom stereocenters. The largest absolute Gasteiger partial charge is 0.508 e. The first kappa shape index (κ1) is 11.8. The number of rotatable bonds is 3. The van der Waals surface area contributed by atoms with Crippen LogP contribution in [-0.2, 0) is 6.54 Å². The van der Waals surface area contributed by atoms with Crippen molar-refractivity contribution < 1.29 is 5.11 Å². The summed E-state index contributed by atoms with van der Waals surface area (Å²) in [5, 5.41) is 10.4. The second-order valence-electron chi connectivity index (χ2n) is 3.96. The lowest BCUT2D eigenvalue weighted by atomic mass is 10.2. The van der Waals surface area contributed by atoms with Crippen LogP contribution in [-0.4, -0.2) is 12.2 Å². The first-order chi connectivity index (χ1) is 8.16. The topological polar surface area (TPSA) is 23.5 Å². The molecule has 0 aromatic heterocycles. The molecule has 0 fully saturated rings. The number of para-hydroxylation sites is 1. The van der Waals surface area contributed by atoms with Crippen molar-refractivity contribution in [1.29, 1.82) is 0 Å². The maximum absolute atomic E-state index is 9.75. The van der Waals surface area contributed by atoms with Crippen LogP contribution in [0.15, 0.2) is 48.5 Å². The van der Waals surface area contributed by atoms with Gasteiger partial charge in [0, 0.05) is 29.9 Å². The van der Waals surface area contributed by atoms with Gasteiger partial charge in [0.15, 0.2) is 0 Å². The van der Waals surface area contributed by atoms with E-state index in [0.29, 0.717) is 11.6 Å². The summed E-state index contributed by atoms with van der Waals surface area (Å²) in [7, 11) is 1.98. The summed E-state index contributed by atoms with van der Waals surface area (Å²) in [5.41, 5.74) is 1.93. The van der Waals surface area contributed by atoms with Crippen molar-refractivity contribution in [2.24, 2.45) is 0 Å². The average Bonchev–Trinajstić information content (AvgIpc) is 2.35. The molecule has 2 nitrogen and oxygen atoms in total. The molecule has 0 saturated heterocycles. The fourth-order valence-corrected chi connectivity index (χ4v) is 1.90. The monoisotopic (exact) mass is 247 g/mol.